The number of likely N-dealkylation sites (tertiary alicyclic amines) is 1. The van der Waals surface area contributed by atoms with E-state index in [1.54, 1.807) is 7.11 Å². The van der Waals surface area contributed by atoms with Gasteiger partial charge in [-0.1, -0.05) is 0 Å². The monoisotopic (exact) mass is 143 g/mol. The first-order chi connectivity index (χ1) is 4.74. The van der Waals surface area contributed by atoms with Gasteiger partial charge in [0, 0.05) is 26.6 Å². The number of urea groups is 1. The van der Waals surface area contributed by atoms with Crippen molar-refractivity contribution in [3.63, 3.8) is 0 Å². The van der Waals surface area contributed by atoms with Gasteiger partial charge in [0.2, 0.25) is 0 Å². The molecule has 2 amide bonds. The minimum Gasteiger partial charge on any atom is -0.379 e. The van der Waals surface area contributed by atoms with Gasteiger partial charge in [-0.2, -0.15) is 0 Å². The second-order valence-corrected chi connectivity index (χ2v) is 2.25. The van der Waals surface area contributed by atoms with Crippen LogP contribution in [-0.2, 0) is 4.74 Å². The summed E-state index contributed by atoms with van der Waals surface area (Å²) < 4.78 is 4.99. The number of nitrogens with zero attached hydrogens (tertiary/aromatic N) is 1. The van der Waals surface area contributed by atoms with Crippen molar-refractivity contribution in [3.05, 3.63) is 6.42 Å². The molecule has 0 spiro atoms. The van der Waals surface area contributed by atoms with Gasteiger partial charge in [0.15, 0.2) is 0 Å². The lowest BCUT2D eigenvalue weighted by atomic mass is 10.3. The van der Waals surface area contributed by atoms with Crippen LogP contribution in [0.3, 0.4) is 0 Å². The van der Waals surface area contributed by atoms with Crippen LogP contribution in [0.5, 0.6) is 0 Å². The number of hydrogen-bond acceptors (Lipinski definition) is 2. The number of hydrogen-bond donors (Lipinski definition) is 1. The molecule has 0 saturated carbocycles. The number of carbonyl (C=O) groups is 1. The molecule has 1 rings (SSSR count). The van der Waals surface area contributed by atoms with Crippen LogP contribution in [0.15, 0.2) is 0 Å². The molecule has 2 N–H and O–H groups in total. The summed E-state index contributed by atoms with van der Waals surface area (Å²) in [7, 11) is 1.62. The number of nitrogens with two attached hydrogens (primary N) is 1. The molecule has 4 nitrogen and oxygen atoms in total. The molecule has 0 aliphatic carbocycles. The maximum Gasteiger partial charge on any atom is 0.314 e. The van der Waals surface area contributed by atoms with Crippen LogP contribution in [0.4, 0.5) is 4.79 Å². The SMILES string of the molecule is COC1[CH]CN(C(N)=O)C1. The third-order valence-corrected chi connectivity index (χ3v) is 1.60. The van der Waals surface area contributed by atoms with E-state index in [9.17, 15) is 4.79 Å². The van der Waals surface area contributed by atoms with E-state index in [0.29, 0.717) is 13.1 Å². The third kappa shape index (κ3) is 1.39. The first kappa shape index (κ1) is 7.34. The fourth-order valence-corrected chi connectivity index (χ4v) is 0.962. The average Bonchev–Trinajstić information content (AvgIpc) is 2.34. The van der Waals surface area contributed by atoms with Crippen molar-refractivity contribution >= 4 is 6.03 Å². The Morgan fingerprint density at radius 2 is 2.60 bits per heavy atom. The van der Waals surface area contributed by atoms with Crippen molar-refractivity contribution in [1.82, 2.24) is 4.90 Å². The summed E-state index contributed by atoms with van der Waals surface area (Å²) in [5.41, 5.74) is 5.03. The van der Waals surface area contributed by atoms with E-state index in [1.807, 2.05) is 6.42 Å². The zero-order valence-corrected chi connectivity index (χ0v) is 5.91. The highest BCUT2D eigenvalue weighted by molar-refractivity contribution is 5.72. The van der Waals surface area contributed by atoms with Crippen molar-refractivity contribution in [2.24, 2.45) is 5.73 Å². The predicted octanol–water partition coefficient (Wildman–Crippen LogP) is -0.400. The van der Waals surface area contributed by atoms with E-state index in [2.05, 4.69) is 0 Å². The Morgan fingerprint density at radius 1 is 1.90 bits per heavy atom. The fraction of sp³-hybridized carbons (Fsp3) is 0.667. The highest BCUT2D eigenvalue weighted by atomic mass is 16.5. The lowest BCUT2D eigenvalue weighted by Crippen LogP contribution is -2.34. The number of rotatable bonds is 1. The van der Waals surface area contributed by atoms with Crippen LogP contribution in [0.1, 0.15) is 0 Å². The van der Waals surface area contributed by atoms with E-state index in [0.717, 1.165) is 0 Å². The van der Waals surface area contributed by atoms with E-state index in [-0.39, 0.29) is 12.1 Å². The molecule has 0 aromatic heterocycles. The van der Waals surface area contributed by atoms with Crippen LogP contribution in [0, 0.1) is 6.42 Å². The Kier molecular flexibility index (Phi) is 2.11. The molecule has 0 bridgehead atoms. The summed E-state index contributed by atoms with van der Waals surface area (Å²) in [5, 5.41) is 0. The second-order valence-electron chi connectivity index (χ2n) is 2.25. The largest absolute Gasteiger partial charge is 0.379 e. The Hall–Kier alpha value is -0.770. The molecule has 1 fully saturated rings. The Bertz CT molecular complexity index is 138. The molecule has 1 atom stereocenters. The quantitative estimate of drug-likeness (QED) is 0.543. The van der Waals surface area contributed by atoms with Gasteiger partial charge in [-0.3, -0.25) is 0 Å². The van der Waals surface area contributed by atoms with Crippen molar-refractivity contribution in [2.75, 3.05) is 20.2 Å². The summed E-state index contributed by atoms with van der Waals surface area (Å²) in [5.74, 6) is 0. The third-order valence-electron chi connectivity index (χ3n) is 1.60. The molecule has 1 unspecified atom stereocenters. The normalized spacial score (nSPS) is 25.3. The lowest BCUT2D eigenvalue weighted by Gasteiger charge is -2.11. The van der Waals surface area contributed by atoms with Crippen molar-refractivity contribution in [3.8, 4) is 0 Å². The number of primary amides is 1. The van der Waals surface area contributed by atoms with Gasteiger partial charge in [-0.25, -0.2) is 4.79 Å². The summed E-state index contributed by atoms with van der Waals surface area (Å²) in [6.07, 6.45) is 1.98. The van der Waals surface area contributed by atoms with Crippen LogP contribution in [0.2, 0.25) is 0 Å². The molecule has 1 aliphatic heterocycles. The zero-order chi connectivity index (χ0) is 7.56. The molecule has 1 aliphatic rings. The maximum absolute atomic E-state index is 10.5. The molecule has 0 aromatic rings. The Balaban J connectivity index is 2.35. The van der Waals surface area contributed by atoms with Crippen LogP contribution < -0.4 is 5.73 Å². The number of amides is 2. The van der Waals surface area contributed by atoms with E-state index in [4.69, 9.17) is 10.5 Å². The van der Waals surface area contributed by atoms with Gasteiger partial charge in [0.1, 0.15) is 0 Å². The molecule has 1 heterocycles. The number of carbonyl (C=O) groups excluding carboxylic acids is 1. The molecule has 10 heavy (non-hydrogen) atoms. The molecule has 1 saturated heterocycles. The van der Waals surface area contributed by atoms with Crippen LogP contribution in [-0.4, -0.2) is 37.2 Å². The van der Waals surface area contributed by atoms with Crippen LogP contribution in [0.25, 0.3) is 0 Å². The summed E-state index contributed by atoms with van der Waals surface area (Å²) in [6, 6.07) is -0.379. The molecule has 4 heteroatoms. The summed E-state index contributed by atoms with van der Waals surface area (Å²) in [4.78, 5) is 12.1. The second kappa shape index (κ2) is 2.88. The summed E-state index contributed by atoms with van der Waals surface area (Å²) in [6.45, 7) is 1.19. The lowest BCUT2D eigenvalue weighted by molar-refractivity contribution is 0.129. The first-order valence-electron chi connectivity index (χ1n) is 3.14. The van der Waals surface area contributed by atoms with Crippen molar-refractivity contribution in [2.45, 2.75) is 6.10 Å². The highest BCUT2D eigenvalue weighted by Gasteiger charge is 2.24. The van der Waals surface area contributed by atoms with E-state index >= 15 is 0 Å². The standard InChI is InChI=1S/C6H11N2O2/c1-10-5-2-3-8(4-5)6(7)9/h2,5H,3-4H2,1H3,(H2,7,9). The Morgan fingerprint density at radius 3 is 2.90 bits per heavy atom. The minimum atomic E-state index is -0.379. The van der Waals surface area contributed by atoms with Gasteiger partial charge in [-0.15, -0.1) is 0 Å². The highest BCUT2D eigenvalue weighted by Crippen LogP contribution is 2.09. The smallest absolute Gasteiger partial charge is 0.314 e. The van der Waals surface area contributed by atoms with Gasteiger partial charge < -0.3 is 15.4 Å². The number of ether oxygens (including phenoxy) is 1. The van der Waals surface area contributed by atoms with Gasteiger partial charge in [0.05, 0.1) is 6.10 Å². The molecule has 0 aromatic carbocycles. The molecule has 1 radical (unpaired) electrons. The first-order valence-corrected chi connectivity index (χ1v) is 3.14. The molecular weight excluding hydrogens is 132 g/mol. The molecular formula is C6H11N2O2. The molecule has 57 valence electrons. The predicted molar refractivity (Wildman–Crippen MR) is 36.3 cm³/mol. The van der Waals surface area contributed by atoms with Gasteiger partial charge >= 0.3 is 6.03 Å². The van der Waals surface area contributed by atoms with Crippen molar-refractivity contribution in [1.29, 1.82) is 0 Å². The van der Waals surface area contributed by atoms with Gasteiger partial charge in [0.25, 0.3) is 0 Å². The van der Waals surface area contributed by atoms with Crippen LogP contribution >= 0.6 is 0 Å². The number of methoxy groups -OCH3 is 1. The Labute approximate surface area is 59.9 Å². The minimum absolute atomic E-state index is 0.0625. The fourth-order valence-electron chi connectivity index (χ4n) is 0.962. The average molecular weight is 143 g/mol. The van der Waals surface area contributed by atoms with Crippen molar-refractivity contribution < 1.29 is 9.53 Å². The zero-order valence-electron chi connectivity index (χ0n) is 5.91. The van der Waals surface area contributed by atoms with E-state index < -0.39 is 0 Å². The maximum atomic E-state index is 10.5. The topological polar surface area (TPSA) is 55.6 Å². The van der Waals surface area contributed by atoms with Gasteiger partial charge in [-0.05, 0) is 0 Å². The summed E-state index contributed by atoms with van der Waals surface area (Å²) >= 11 is 0. The van der Waals surface area contributed by atoms with E-state index in [1.165, 1.54) is 4.90 Å².